The van der Waals surface area contributed by atoms with E-state index in [1.165, 1.54) is 4.70 Å². The smallest absolute Gasteiger partial charge is 0.408 e. The maximum Gasteiger partial charge on any atom is 0.408 e. The first-order valence-corrected chi connectivity index (χ1v) is 24.8. The summed E-state index contributed by atoms with van der Waals surface area (Å²) in [6, 6.07) is 24.5. The number of rotatable bonds is 11. The van der Waals surface area contributed by atoms with Gasteiger partial charge in [0.05, 0.1) is 45.3 Å². The Labute approximate surface area is 403 Å². The zero-order valence-electron chi connectivity index (χ0n) is 39.0. The van der Waals surface area contributed by atoms with Crippen molar-refractivity contribution in [2.24, 2.45) is 0 Å². The van der Waals surface area contributed by atoms with Crippen LogP contribution in [-0.4, -0.2) is 78.0 Å². The largest absolute Gasteiger partial charge is 0.444 e. The molecule has 1 unspecified atom stereocenters. The topological polar surface area (TPSA) is 175 Å². The molecule has 9 rings (SSSR count). The molecule has 2 saturated heterocycles. The molecule has 7 aromatic rings. The molecule has 2 fully saturated rings. The number of alkyl carbamates (subject to hydrolysis) is 2. The van der Waals surface area contributed by atoms with Crippen LogP contribution in [0.2, 0.25) is 0 Å². The number of amides is 4. The zero-order chi connectivity index (χ0) is 47.7. The minimum Gasteiger partial charge on any atom is -0.444 e. The lowest BCUT2D eigenvalue weighted by atomic mass is 10.0. The zero-order valence-corrected chi connectivity index (χ0v) is 40.6. The van der Waals surface area contributed by atoms with Crippen LogP contribution in [-0.2, 0) is 19.1 Å². The molecule has 2 aliphatic heterocycles. The first kappa shape index (κ1) is 46.3. The van der Waals surface area contributed by atoms with Crippen molar-refractivity contribution in [1.82, 2.24) is 40.4 Å². The first-order chi connectivity index (χ1) is 32.6. The average molecular weight is 953 g/mol. The van der Waals surface area contributed by atoms with Crippen molar-refractivity contribution in [3.8, 4) is 33.6 Å². The van der Waals surface area contributed by atoms with Gasteiger partial charge in [-0.25, -0.2) is 19.6 Å². The standard InChI is InChI=1S/C52H56N8O6S2/c1-51(2,3)65-49(63)57-41(33-15-9-7-10-16-33)47(61)59-25-13-19-39(59)45-53-27-37(55-45)32-23-21-31(22-24-32)35-29-67-44-36(30-68-43(35)44)38-28-54-46(56-38)40-20-14-26-60(40)48(62)42(34-17-11-8-12-18-34)58-50(64)66-52(4,5)6/h7-12,15-18,21-24,27-30,39-42H,13-14,19-20,25-26H2,1-6H3,(H,53,55)(H,54,56)(H,57,63)(H,58,64)/t39-,40?,41+,42+/m0/s1. The molecule has 68 heavy (non-hydrogen) atoms. The summed E-state index contributed by atoms with van der Waals surface area (Å²) in [5, 5.41) is 10.0. The number of hydrogen-bond donors (Lipinski definition) is 4. The second kappa shape index (κ2) is 19.1. The molecule has 16 heteroatoms. The molecule has 4 amide bonds. The first-order valence-electron chi connectivity index (χ1n) is 23.0. The van der Waals surface area contributed by atoms with Crippen LogP contribution >= 0.6 is 22.7 Å². The Hall–Kier alpha value is -6.78. The van der Waals surface area contributed by atoms with Crippen molar-refractivity contribution in [2.75, 3.05) is 13.1 Å². The van der Waals surface area contributed by atoms with Crippen molar-refractivity contribution >= 4 is 56.1 Å². The molecule has 4 aromatic heterocycles. The molecule has 6 heterocycles. The summed E-state index contributed by atoms with van der Waals surface area (Å²) in [6.07, 6.45) is 5.47. The summed E-state index contributed by atoms with van der Waals surface area (Å²) in [5.41, 5.74) is 5.91. The maximum absolute atomic E-state index is 14.3. The van der Waals surface area contributed by atoms with E-state index in [1.807, 2.05) is 82.9 Å². The van der Waals surface area contributed by atoms with Crippen molar-refractivity contribution in [3.05, 3.63) is 131 Å². The van der Waals surface area contributed by atoms with E-state index in [0.29, 0.717) is 35.9 Å². The number of ether oxygens (including phenoxy) is 2. The van der Waals surface area contributed by atoms with Gasteiger partial charge in [0.1, 0.15) is 34.9 Å². The molecule has 14 nitrogen and oxygen atoms in total. The van der Waals surface area contributed by atoms with Gasteiger partial charge in [-0.05, 0) is 89.5 Å². The predicted molar refractivity (Wildman–Crippen MR) is 265 cm³/mol. The predicted octanol–water partition coefficient (Wildman–Crippen LogP) is 11.3. The van der Waals surface area contributed by atoms with Gasteiger partial charge < -0.3 is 39.9 Å². The van der Waals surface area contributed by atoms with E-state index in [2.05, 4.69) is 55.6 Å². The number of benzene rings is 3. The van der Waals surface area contributed by atoms with Gasteiger partial charge in [0, 0.05) is 35.0 Å². The minimum atomic E-state index is -0.913. The van der Waals surface area contributed by atoms with Crippen LogP contribution in [0, 0.1) is 0 Å². The van der Waals surface area contributed by atoms with Crippen LogP contribution in [0.25, 0.3) is 43.0 Å². The fourth-order valence-electron chi connectivity index (χ4n) is 9.01. The van der Waals surface area contributed by atoms with Gasteiger partial charge in [0.25, 0.3) is 11.8 Å². The molecule has 2 aliphatic rings. The summed E-state index contributed by atoms with van der Waals surface area (Å²) in [4.78, 5) is 74.6. The Morgan fingerprint density at radius 1 is 0.603 bits per heavy atom. The molecule has 0 bridgehead atoms. The molecule has 0 spiro atoms. The van der Waals surface area contributed by atoms with Gasteiger partial charge >= 0.3 is 12.2 Å². The van der Waals surface area contributed by atoms with Crippen molar-refractivity contribution in [3.63, 3.8) is 0 Å². The summed E-state index contributed by atoms with van der Waals surface area (Å²) < 4.78 is 13.4. The molecule has 0 saturated carbocycles. The van der Waals surface area contributed by atoms with Gasteiger partial charge in [-0.2, -0.15) is 0 Å². The van der Waals surface area contributed by atoms with E-state index in [0.717, 1.165) is 64.0 Å². The third-order valence-electron chi connectivity index (χ3n) is 12.1. The highest BCUT2D eigenvalue weighted by molar-refractivity contribution is 7.27. The number of imidazole rings is 2. The Morgan fingerprint density at radius 3 is 1.51 bits per heavy atom. The number of aromatic nitrogens is 4. The molecule has 0 aliphatic carbocycles. The Balaban J connectivity index is 0.888. The van der Waals surface area contributed by atoms with Crippen LogP contribution in [0.5, 0.6) is 0 Å². The van der Waals surface area contributed by atoms with Gasteiger partial charge in [-0.15, -0.1) is 22.7 Å². The van der Waals surface area contributed by atoms with Gasteiger partial charge in [-0.1, -0.05) is 84.9 Å². The molecule has 352 valence electrons. The van der Waals surface area contributed by atoms with E-state index in [9.17, 15) is 19.2 Å². The normalized spacial score (nSPS) is 17.3. The fraction of sp³-hybridized carbons (Fsp3) is 0.346. The highest BCUT2D eigenvalue weighted by atomic mass is 32.1. The fourth-order valence-corrected chi connectivity index (χ4v) is 11.5. The summed E-state index contributed by atoms with van der Waals surface area (Å²) in [6.45, 7) is 11.8. The second-order valence-corrected chi connectivity index (χ2v) is 21.0. The molecule has 0 radical (unpaired) electrons. The third-order valence-corrected chi connectivity index (χ3v) is 14.2. The van der Waals surface area contributed by atoms with Crippen LogP contribution in [0.1, 0.15) is 114 Å². The number of carbonyl (C=O) groups is 4. The quantitative estimate of drug-likeness (QED) is 0.0991. The highest BCUT2D eigenvalue weighted by Gasteiger charge is 2.39. The van der Waals surface area contributed by atoms with Crippen molar-refractivity contribution in [1.29, 1.82) is 0 Å². The number of thiophene rings is 2. The van der Waals surface area contributed by atoms with Crippen LogP contribution < -0.4 is 10.6 Å². The highest BCUT2D eigenvalue weighted by Crippen LogP contribution is 2.45. The minimum absolute atomic E-state index is 0.210. The number of hydrogen-bond acceptors (Lipinski definition) is 10. The number of likely N-dealkylation sites (tertiary alicyclic amines) is 2. The summed E-state index contributed by atoms with van der Waals surface area (Å²) in [5.74, 6) is 0.986. The van der Waals surface area contributed by atoms with Crippen LogP contribution in [0.15, 0.2) is 108 Å². The monoisotopic (exact) mass is 952 g/mol. The van der Waals surface area contributed by atoms with E-state index in [1.54, 1.807) is 64.2 Å². The SMILES string of the molecule is CC(C)(C)OC(=O)N[C@@H](C(=O)N1CCCC1c1ncc(-c2csc3c(-c4ccc(-c5cnc([C@@H]6CCCN6C(=O)[C@H](NC(=O)OC(C)(C)C)c6ccccc6)[nH]5)cc4)csc23)[nH]1)c1ccccc1. The van der Waals surface area contributed by atoms with E-state index in [4.69, 9.17) is 19.4 Å². The number of H-pyrrole nitrogens is 2. The van der Waals surface area contributed by atoms with Crippen molar-refractivity contribution < 1.29 is 28.7 Å². The summed E-state index contributed by atoms with van der Waals surface area (Å²) in [7, 11) is 0. The third kappa shape index (κ3) is 10.1. The molecule has 4 N–H and O–H groups in total. The lowest BCUT2D eigenvalue weighted by Gasteiger charge is -2.29. The number of nitrogens with zero attached hydrogens (tertiary/aromatic N) is 4. The lowest BCUT2D eigenvalue weighted by molar-refractivity contribution is -0.135. The summed E-state index contributed by atoms with van der Waals surface area (Å²) >= 11 is 3.38. The number of fused-ring (bicyclic) bond motifs is 1. The Bertz CT molecular complexity index is 2910. The molecule has 3 aromatic carbocycles. The Kier molecular flexibility index (Phi) is 13.0. The van der Waals surface area contributed by atoms with Gasteiger partial charge in [-0.3, -0.25) is 9.59 Å². The average Bonchev–Trinajstić information content (AvgIpc) is 4.17. The number of nitrogens with one attached hydrogen (secondary N) is 4. The van der Waals surface area contributed by atoms with E-state index >= 15 is 0 Å². The lowest BCUT2D eigenvalue weighted by Crippen LogP contribution is -2.44. The van der Waals surface area contributed by atoms with E-state index < -0.39 is 35.5 Å². The maximum atomic E-state index is 14.3. The molecular formula is C52H56N8O6S2. The van der Waals surface area contributed by atoms with Crippen LogP contribution in [0.4, 0.5) is 9.59 Å². The Morgan fingerprint density at radius 2 is 1.03 bits per heavy atom. The van der Waals surface area contributed by atoms with Crippen molar-refractivity contribution in [2.45, 2.75) is 103 Å². The van der Waals surface area contributed by atoms with E-state index in [-0.39, 0.29) is 23.9 Å². The van der Waals surface area contributed by atoms with Gasteiger partial charge in [0.15, 0.2) is 0 Å². The van der Waals surface area contributed by atoms with Gasteiger partial charge in [0.2, 0.25) is 0 Å². The number of carbonyl (C=O) groups excluding carboxylic acids is 4. The van der Waals surface area contributed by atoms with Crippen LogP contribution in [0.3, 0.4) is 0 Å². The molecule has 4 atom stereocenters. The second-order valence-electron chi connectivity index (χ2n) is 19.3. The molecular weight excluding hydrogens is 897 g/mol. The number of aromatic amines is 2.